The van der Waals surface area contributed by atoms with Crippen LogP contribution in [0.2, 0.25) is 0 Å². The van der Waals surface area contributed by atoms with Gasteiger partial charge in [-0.05, 0) is 37.8 Å². The number of nitrogens with one attached hydrogen (secondary N) is 2. The predicted molar refractivity (Wildman–Crippen MR) is 89.3 cm³/mol. The van der Waals surface area contributed by atoms with Crippen LogP contribution >= 0.6 is 11.8 Å². The summed E-state index contributed by atoms with van der Waals surface area (Å²) < 4.78 is 0. The van der Waals surface area contributed by atoms with Crippen LogP contribution in [-0.2, 0) is 4.79 Å². The van der Waals surface area contributed by atoms with Crippen LogP contribution in [0.5, 0.6) is 0 Å². The number of carbonyl (C=O) groups excluding carboxylic acids is 1. The third kappa shape index (κ3) is 8.15. The number of hydrogen-bond donors (Lipinski definition) is 2. The molecule has 1 aliphatic heterocycles. The van der Waals surface area contributed by atoms with E-state index in [9.17, 15) is 4.79 Å². The Labute approximate surface area is 129 Å². The van der Waals surface area contributed by atoms with E-state index in [1.54, 1.807) is 0 Å². The molecule has 2 N–H and O–H groups in total. The van der Waals surface area contributed by atoms with E-state index in [1.165, 1.54) is 38.5 Å². The molecule has 1 fully saturated rings. The molecule has 1 heterocycles. The predicted octanol–water partition coefficient (Wildman–Crippen LogP) is 3.19. The van der Waals surface area contributed by atoms with Crippen molar-refractivity contribution >= 4 is 17.7 Å². The second-order valence-corrected chi connectivity index (χ2v) is 7.95. The summed E-state index contributed by atoms with van der Waals surface area (Å²) in [4.78, 5) is 11.9. The van der Waals surface area contributed by atoms with Gasteiger partial charge in [0.15, 0.2) is 0 Å². The van der Waals surface area contributed by atoms with Gasteiger partial charge in [0.05, 0.1) is 5.75 Å². The third-order valence-corrected chi connectivity index (χ3v) is 5.33. The average molecular weight is 301 g/mol. The lowest BCUT2D eigenvalue weighted by Gasteiger charge is -2.25. The van der Waals surface area contributed by atoms with Crippen molar-refractivity contribution in [1.82, 2.24) is 10.6 Å². The lowest BCUT2D eigenvalue weighted by molar-refractivity contribution is -0.119. The minimum absolute atomic E-state index is 0.206. The molecule has 1 aliphatic rings. The first-order valence-electron chi connectivity index (χ1n) is 8.12. The van der Waals surface area contributed by atoms with Gasteiger partial charge >= 0.3 is 0 Å². The minimum atomic E-state index is 0.206. The Kier molecular flexibility index (Phi) is 8.62. The molecular weight excluding hydrogens is 268 g/mol. The van der Waals surface area contributed by atoms with E-state index in [2.05, 4.69) is 31.4 Å². The Morgan fingerprint density at radius 1 is 1.30 bits per heavy atom. The van der Waals surface area contributed by atoms with Crippen LogP contribution < -0.4 is 10.6 Å². The van der Waals surface area contributed by atoms with Gasteiger partial charge in [0.1, 0.15) is 0 Å². The highest BCUT2D eigenvalue weighted by molar-refractivity contribution is 8.00. The smallest absolute Gasteiger partial charge is 0.230 e. The first-order valence-corrected chi connectivity index (χ1v) is 9.17. The normalized spacial score (nSPS) is 17.1. The maximum atomic E-state index is 11.9. The third-order valence-electron chi connectivity index (χ3n) is 3.96. The molecule has 4 heteroatoms. The maximum Gasteiger partial charge on any atom is 0.230 e. The quantitative estimate of drug-likeness (QED) is 0.643. The van der Waals surface area contributed by atoms with Crippen LogP contribution in [0.3, 0.4) is 0 Å². The molecule has 0 radical (unpaired) electrons. The summed E-state index contributed by atoms with van der Waals surface area (Å²) in [6.45, 7) is 9.74. The van der Waals surface area contributed by atoms with Gasteiger partial charge in [0.2, 0.25) is 5.91 Å². The molecule has 1 amide bonds. The van der Waals surface area contributed by atoms with Crippen molar-refractivity contribution in [3.8, 4) is 0 Å². The Morgan fingerprint density at radius 3 is 2.65 bits per heavy atom. The SMILES string of the molecule is CCCCCC(C)(C)CNC(=O)CSC1CCNCC1. The largest absolute Gasteiger partial charge is 0.355 e. The van der Waals surface area contributed by atoms with Gasteiger partial charge in [-0.15, -0.1) is 11.8 Å². The van der Waals surface area contributed by atoms with Gasteiger partial charge in [-0.3, -0.25) is 4.79 Å². The molecule has 1 rings (SSSR count). The number of unbranched alkanes of at least 4 members (excludes halogenated alkanes) is 2. The summed E-state index contributed by atoms with van der Waals surface area (Å²) >= 11 is 1.83. The molecule has 0 unspecified atom stereocenters. The molecule has 0 aromatic heterocycles. The molecular formula is C16H32N2OS. The fraction of sp³-hybridized carbons (Fsp3) is 0.938. The summed E-state index contributed by atoms with van der Waals surface area (Å²) in [6.07, 6.45) is 7.41. The summed E-state index contributed by atoms with van der Waals surface area (Å²) in [7, 11) is 0. The summed E-state index contributed by atoms with van der Waals surface area (Å²) in [5.74, 6) is 0.826. The van der Waals surface area contributed by atoms with Crippen LogP contribution in [0, 0.1) is 5.41 Å². The van der Waals surface area contributed by atoms with Gasteiger partial charge in [0.25, 0.3) is 0 Å². The minimum Gasteiger partial charge on any atom is -0.355 e. The first-order chi connectivity index (χ1) is 9.53. The van der Waals surface area contributed by atoms with E-state index in [4.69, 9.17) is 0 Å². The summed E-state index contributed by atoms with van der Waals surface area (Å²) in [6, 6.07) is 0. The van der Waals surface area contributed by atoms with E-state index >= 15 is 0 Å². The Hall–Kier alpha value is -0.220. The molecule has 0 aromatic rings. The molecule has 1 saturated heterocycles. The first kappa shape index (κ1) is 17.8. The fourth-order valence-corrected chi connectivity index (χ4v) is 3.54. The molecule has 0 spiro atoms. The van der Waals surface area contributed by atoms with E-state index < -0.39 is 0 Å². The van der Waals surface area contributed by atoms with E-state index in [-0.39, 0.29) is 11.3 Å². The topological polar surface area (TPSA) is 41.1 Å². The fourth-order valence-electron chi connectivity index (χ4n) is 2.49. The zero-order chi connectivity index (χ0) is 14.8. The van der Waals surface area contributed by atoms with Crippen LogP contribution in [0.4, 0.5) is 0 Å². The Morgan fingerprint density at radius 2 is 2.00 bits per heavy atom. The van der Waals surface area contributed by atoms with Crippen LogP contribution in [0.25, 0.3) is 0 Å². The molecule has 0 aromatic carbocycles. The zero-order valence-electron chi connectivity index (χ0n) is 13.5. The highest BCUT2D eigenvalue weighted by Crippen LogP contribution is 2.23. The van der Waals surface area contributed by atoms with Crippen molar-refractivity contribution in [3.05, 3.63) is 0 Å². The number of hydrogen-bond acceptors (Lipinski definition) is 3. The average Bonchev–Trinajstić information content (AvgIpc) is 2.44. The second-order valence-electron chi connectivity index (χ2n) is 6.66. The highest BCUT2D eigenvalue weighted by atomic mass is 32.2. The van der Waals surface area contributed by atoms with Gasteiger partial charge in [0, 0.05) is 11.8 Å². The van der Waals surface area contributed by atoms with Crippen molar-refractivity contribution in [2.75, 3.05) is 25.4 Å². The Bertz CT molecular complexity index is 276. The number of piperidine rings is 1. The molecule has 0 aliphatic carbocycles. The van der Waals surface area contributed by atoms with E-state index in [0.29, 0.717) is 11.0 Å². The van der Waals surface area contributed by atoms with Crippen molar-refractivity contribution < 1.29 is 4.79 Å². The maximum absolute atomic E-state index is 11.9. The highest BCUT2D eigenvalue weighted by Gasteiger charge is 2.19. The van der Waals surface area contributed by atoms with Crippen LogP contribution in [0.1, 0.15) is 59.3 Å². The monoisotopic (exact) mass is 300 g/mol. The molecule has 118 valence electrons. The molecule has 0 bridgehead atoms. The van der Waals surface area contributed by atoms with Crippen LogP contribution in [0.15, 0.2) is 0 Å². The van der Waals surface area contributed by atoms with Gasteiger partial charge < -0.3 is 10.6 Å². The molecule has 3 nitrogen and oxygen atoms in total. The number of amides is 1. The number of rotatable bonds is 9. The van der Waals surface area contributed by atoms with E-state index in [1.807, 2.05) is 11.8 Å². The lowest BCUT2D eigenvalue weighted by Crippen LogP contribution is -2.36. The van der Waals surface area contributed by atoms with E-state index in [0.717, 1.165) is 19.6 Å². The summed E-state index contributed by atoms with van der Waals surface area (Å²) in [5.41, 5.74) is 0.226. The lowest BCUT2D eigenvalue weighted by atomic mass is 9.87. The van der Waals surface area contributed by atoms with Crippen LogP contribution in [-0.4, -0.2) is 36.5 Å². The number of carbonyl (C=O) groups is 1. The van der Waals surface area contributed by atoms with Gasteiger partial charge in [-0.2, -0.15) is 0 Å². The van der Waals surface area contributed by atoms with Crippen molar-refractivity contribution in [3.63, 3.8) is 0 Å². The summed E-state index contributed by atoms with van der Waals surface area (Å²) in [5, 5.41) is 7.14. The van der Waals surface area contributed by atoms with Gasteiger partial charge in [-0.25, -0.2) is 0 Å². The second kappa shape index (κ2) is 9.67. The number of thioether (sulfide) groups is 1. The molecule has 0 saturated carbocycles. The van der Waals surface area contributed by atoms with Crippen molar-refractivity contribution in [2.24, 2.45) is 5.41 Å². The standard InChI is InChI=1S/C16H32N2OS/c1-4-5-6-9-16(2,3)13-18-15(19)12-20-14-7-10-17-11-8-14/h14,17H,4-13H2,1-3H3,(H,18,19). The zero-order valence-corrected chi connectivity index (χ0v) is 14.3. The molecule has 20 heavy (non-hydrogen) atoms. The van der Waals surface area contributed by atoms with Crippen molar-refractivity contribution in [1.29, 1.82) is 0 Å². The molecule has 0 atom stereocenters. The van der Waals surface area contributed by atoms with Gasteiger partial charge in [-0.1, -0.05) is 40.0 Å². The van der Waals surface area contributed by atoms with Crippen molar-refractivity contribution in [2.45, 2.75) is 64.5 Å². The Balaban J connectivity index is 2.11.